The van der Waals surface area contributed by atoms with Crippen LogP contribution in [0, 0.1) is 6.92 Å². The molecule has 3 heterocycles. The van der Waals surface area contributed by atoms with Gasteiger partial charge in [0.25, 0.3) is 11.8 Å². The Balaban J connectivity index is 1.43. The highest BCUT2D eigenvalue weighted by atomic mass is 32.1. The quantitative estimate of drug-likeness (QED) is 0.713. The number of benzene rings is 1. The molecule has 4 rings (SSSR count). The van der Waals surface area contributed by atoms with E-state index in [0.29, 0.717) is 48.3 Å². The minimum absolute atomic E-state index is 0.0491. The normalized spacial score (nSPS) is 14.0. The number of aryl methyl sites for hydroxylation is 1. The van der Waals surface area contributed by atoms with Gasteiger partial charge in [-0.2, -0.15) is 0 Å². The van der Waals surface area contributed by atoms with Crippen molar-refractivity contribution in [2.24, 2.45) is 0 Å². The molecule has 148 valence electrons. The molecule has 0 spiro atoms. The van der Waals surface area contributed by atoms with E-state index in [2.05, 4.69) is 24.6 Å². The summed E-state index contributed by atoms with van der Waals surface area (Å²) in [6.07, 6.45) is 5.02. The largest absolute Gasteiger partial charge is 0.337 e. The van der Waals surface area contributed by atoms with E-state index in [1.165, 1.54) is 0 Å². The zero-order valence-electron chi connectivity index (χ0n) is 15.9. The number of rotatable bonds is 4. The van der Waals surface area contributed by atoms with Gasteiger partial charge in [0.05, 0.1) is 0 Å². The summed E-state index contributed by atoms with van der Waals surface area (Å²) < 4.78 is 3.95. The summed E-state index contributed by atoms with van der Waals surface area (Å²) in [7, 11) is 0. The van der Waals surface area contributed by atoms with E-state index in [4.69, 9.17) is 0 Å². The zero-order valence-corrected chi connectivity index (χ0v) is 16.7. The van der Waals surface area contributed by atoms with Crippen LogP contribution >= 0.6 is 11.5 Å². The minimum Gasteiger partial charge on any atom is -0.337 e. The van der Waals surface area contributed by atoms with Gasteiger partial charge < -0.3 is 15.1 Å². The highest BCUT2D eigenvalue weighted by Crippen LogP contribution is 2.21. The molecule has 0 radical (unpaired) electrons. The first-order valence-electron chi connectivity index (χ1n) is 9.26. The maximum absolute atomic E-state index is 13.0. The third kappa shape index (κ3) is 4.24. The van der Waals surface area contributed by atoms with Crippen molar-refractivity contribution in [3.8, 4) is 0 Å². The Hall–Kier alpha value is -3.33. The Kier molecular flexibility index (Phi) is 5.48. The van der Waals surface area contributed by atoms with E-state index in [1.807, 2.05) is 17.9 Å². The summed E-state index contributed by atoms with van der Waals surface area (Å²) in [5.41, 5.74) is 2.08. The van der Waals surface area contributed by atoms with Crippen LogP contribution in [0.3, 0.4) is 0 Å². The molecule has 1 N–H and O–H groups in total. The van der Waals surface area contributed by atoms with E-state index >= 15 is 0 Å². The fraction of sp³-hybridized carbons (Fsp3) is 0.250. The topological polar surface area (TPSA) is 91.3 Å². The standard InChI is InChI=1S/C20H20N6O2S/c1-14-3-4-15(13-16(14)24-18(27)17-5-8-23-29-17)19(28)25-9-11-26(12-10-25)20-21-6-2-7-22-20/h2-8,13H,9-12H2,1H3,(H,24,27). The molecule has 0 bridgehead atoms. The van der Waals surface area contributed by atoms with E-state index in [1.54, 1.807) is 42.9 Å². The number of nitrogens with one attached hydrogen (secondary N) is 1. The summed E-state index contributed by atoms with van der Waals surface area (Å²) in [5.74, 6) is 0.409. The van der Waals surface area contributed by atoms with Crippen molar-refractivity contribution in [3.63, 3.8) is 0 Å². The first-order valence-corrected chi connectivity index (χ1v) is 10.0. The molecule has 1 aromatic carbocycles. The van der Waals surface area contributed by atoms with E-state index in [-0.39, 0.29) is 11.8 Å². The van der Waals surface area contributed by atoms with Crippen LogP contribution in [0.2, 0.25) is 0 Å². The molecule has 0 saturated carbocycles. The molecular formula is C20H20N6O2S. The average Bonchev–Trinajstić information content (AvgIpc) is 3.31. The molecule has 8 nitrogen and oxygen atoms in total. The monoisotopic (exact) mass is 408 g/mol. The smallest absolute Gasteiger partial charge is 0.267 e. The molecule has 9 heteroatoms. The van der Waals surface area contributed by atoms with Crippen LogP contribution in [0.15, 0.2) is 48.9 Å². The summed E-state index contributed by atoms with van der Waals surface area (Å²) in [6.45, 7) is 4.43. The second kappa shape index (κ2) is 8.36. The maximum Gasteiger partial charge on any atom is 0.267 e. The Bertz CT molecular complexity index is 1000. The van der Waals surface area contributed by atoms with Gasteiger partial charge in [0.2, 0.25) is 5.95 Å². The third-order valence-electron chi connectivity index (χ3n) is 4.80. The lowest BCUT2D eigenvalue weighted by Gasteiger charge is -2.34. The van der Waals surface area contributed by atoms with Crippen molar-refractivity contribution in [2.75, 3.05) is 36.4 Å². The lowest BCUT2D eigenvalue weighted by molar-refractivity contribution is 0.0746. The maximum atomic E-state index is 13.0. The number of nitrogens with zero attached hydrogens (tertiary/aromatic N) is 5. The van der Waals surface area contributed by atoms with Crippen molar-refractivity contribution >= 4 is 35.0 Å². The first-order chi connectivity index (χ1) is 14.1. The Labute approximate surface area is 172 Å². The van der Waals surface area contributed by atoms with E-state index < -0.39 is 0 Å². The lowest BCUT2D eigenvalue weighted by Crippen LogP contribution is -2.49. The summed E-state index contributed by atoms with van der Waals surface area (Å²) >= 11 is 1.14. The van der Waals surface area contributed by atoms with Crippen LogP contribution in [-0.4, -0.2) is 57.2 Å². The molecule has 0 unspecified atom stereocenters. The van der Waals surface area contributed by atoms with Crippen LogP contribution in [0.25, 0.3) is 0 Å². The molecular weight excluding hydrogens is 388 g/mol. The van der Waals surface area contributed by atoms with Crippen LogP contribution < -0.4 is 10.2 Å². The summed E-state index contributed by atoms with van der Waals surface area (Å²) in [4.78, 5) is 38.3. The Morgan fingerprint density at radius 2 is 1.79 bits per heavy atom. The molecule has 0 atom stereocenters. The van der Waals surface area contributed by atoms with Crippen molar-refractivity contribution in [3.05, 3.63) is 64.9 Å². The van der Waals surface area contributed by atoms with Gasteiger partial charge in [-0.25, -0.2) is 14.3 Å². The predicted molar refractivity (Wildman–Crippen MR) is 111 cm³/mol. The van der Waals surface area contributed by atoms with Crippen LogP contribution in [0.5, 0.6) is 0 Å². The Morgan fingerprint density at radius 3 is 2.48 bits per heavy atom. The Morgan fingerprint density at radius 1 is 1.03 bits per heavy atom. The highest BCUT2D eigenvalue weighted by molar-refractivity contribution is 7.08. The van der Waals surface area contributed by atoms with Gasteiger partial charge in [-0.1, -0.05) is 6.07 Å². The van der Waals surface area contributed by atoms with Crippen molar-refractivity contribution in [1.82, 2.24) is 19.2 Å². The molecule has 2 aromatic heterocycles. The molecule has 1 aliphatic heterocycles. The predicted octanol–water partition coefficient (Wildman–Crippen LogP) is 2.46. The van der Waals surface area contributed by atoms with Crippen LogP contribution in [-0.2, 0) is 0 Å². The SMILES string of the molecule is Cc1ccc(C(=O)N2CCN(c3ncccn3)CC2)cc1NC(=O)c1ccns1. The fourth-order valence-corrected chi connectivity index (χ4v) is 3.64. The van der Waals surface area contributed by atoms with Gasteiger partial charge in [0.1, 0.15) is 4.88 Å². The average molecular weight is 408 g/mol. The second-order valence-electron chi connectivity index (χ2n) is 6.69. The summed E-state index contributed by atoms with van der Waals surface area (Å²) in [6, 6.07) is 8.84. The molecule has 3 aromatic rings. The molecule has 1 saturated heterocycles. The van der Waals surface area contributed by atoms with Crippen molar-refractivity contribution in [2.45, 2.75) is 6.92 Å². The first kappa shape index (κ1) is 19.0. The minimum atomic E-state index is -0.225. The summed E-state index contributed by atoms with van der Waals surface area (Å²) in [5, 5.41) is 2.88. The molecule has 29 heavy (non-hydrogen) atoms. The van der Waals surface area contributed by atoms with Crippen LogP contribution in [0.4, 0.5) is 11.6 Å². The number of carbonyl (C=O) groups is 2. The third-order valence-corrected chi connectivity index (χ3v) is 5.54. The van der Waals surface area contributed by atoms with Gasteiger partial charge >= 0.3 is 0 Å². The number of hydrogen-bond donors (Lipinski definition) is 1. The van der Waals surface area contributed by atoms with Gasteiger partial charge in [0, 0.05) is 56.0 Å². The molecule has 2 amide bonds. The highest BCUT2D eigenvalue weighted by Gasteiger charge is 2.24. The fourth-order valence-electron chi connectivity index (χ4n) is 3.15. The number of amides is 2. The van der Waals surface area contributed by atoms with Crippen LogP contribution in [0.1, 0.15) is 25.6 Å². The van der Waals surface area contributed by atoms with E-state index in [9.17, 15) is 9.59 Å². The molecule has 0 aliphatic carbocycles. The van der Waals surface area contributed by atoms with Gasteiger partial charge in [0.15, 0.2) is 0 Å². The number of carbonyl (C=O) groups excluding carboxylic acids is 2. The lowest BCUT2D eigenvalue weighted by atomic mass is 10.1. The van der Waals surface area contributed by atoms with Gasteiger partial charge in [-0.15, -0.1) is 0 Å². The molecule has 1 aliphatic rings. The second-order valence-corrected chi connectivity index (χ2v) is 7.52. The van der Waals surface area contributed by atoms with Gasteiger partial charge in [-0.3, -0.25) is 9.59 Å². The van der Waals surface area contributed by atoms with Gasteiger partial charge in [-0.05, 0) is 48.3 Å². The van der Waals surface area contributed by atoms with Crippen molar-refractivity contribution < 1.29 is 9.59 Å². The molecule has 1 fully saturated rings. The number of aromatic nitrogens is 3. The number of anilines is 2. The number of piperazine rings is 1. The van der Waals surface area contributed by atoms with E-state index in [0.717, 1.165) is 17.1 Å². The number of hydrogen-bond acceptors (Lipinski definition) is 7. The zero-order chi connectivity index (χ0) is 20.2. The van der Waals surface area contributed by atoms with Crippen molar-refractivity contribution in [1.29, 1.82) is 0 Å².